The molecule has 1 aromatic carbocycles. The van der Waals surface area contributed by atoms with Gasteiger partial charge in [-0.25, -0.2) is 0 Å². The van der Waals surface area contributed by atoms with Gasteiger partial charge >= 0.3 is 0 Å². The number of pyridine rings is 1. The topological polar surface area (TPSA) is 62.4 Å². The molecule has 0 fully saturated rings. The van der Waals surface area contributed by atoms with Crippen LogP contribution in [0.3, 0.4) is 0 Å². The predicted molar refractivity (Wildman–Crippen MR) is 107 cm³/mol. The van der Waals surface area contributed by atoms with Gasteiger partial charge in [-0.1, -0.05) is 23.2 Å². The van der Waals surface area contributed by atoms with E-state index in [-0.39, 0.29) is 29.1 Å². The fourth-order valence-electron chi connectivity index (χ4n) is 3.36. The number of benzene rings is 1. The molecule has 27 heavy (non-hydrogen) atoms. The second-order valence-electron chi connectivity index (χ2n) is 7.12. The number of aromatic amines is 1. The van der Waals surface area contributed by atoms with Crippen LogP contribution >= 0.6 is 23.2 Å². The smallest absolute Gasteiger partial charge is 0.256 e. The lowest BCUT2D eigenvalue weighted by atomic mass is 9.97. The molecular weight excluding hydrogens is 387 g/mol. The van der Waals surface area contributed by atoms with Crippen molar-refractivity contribution in [2.45, 2.75) is 46.8 Å². The molecule has 0 bridgehead atoms. The maximum atomic E-state index is 13.1. The van der Waals surface area contributed by atoms with Gasteiger partial charge in [0, 0.05) is 17.8 Å². The van der Waals surface area contributed by atoms with Crippen LogP contribution in [0.4, 0.5) is 0 Å². The highest BCUT2D eigenvalue weighted by Crippen LogP contribution is 2.40. The van der Waals surface area contributed by atoms with Gasteiger partial charge in [0.25, 0.3) is 11.5 Å². The van der Waals surface area contributed by atoms with Crippen molar-refractivity contribution in [1.82, 2.24) is 9.88 Å². The number of amides is 1. The number of hydrogen-bond acceptors (Lipinski definition) is 3. The van der Waals surface area contributed by atoms with Gasteiger partial charge < -0.3 is 14.6 Å². The summed E-state index contributed by atoms with van der Waals surface area (Å²) in [7, 11) is 0. The maximum Gasteiger partial charge on any atom is 0.256 e. The second-order valence-corrected chi connectivity index (χ2v) is 7.91. The number of aryl methyl sites for hydroxylation is 2. The van der Waals surface area contributed by atoms with E-state index >= 15 is 0 Å². The van der Waals surface area contributed by atoms with Crippen LogP contribution in [-0.4, -0.2) is 28.4 Å². The van der Waals surface area contributed by atoms with Crippen LogP contribution in [0.15, 0.2) is 16.9 Å². The van der Waals surface area contributed by atoms with E-state index in [1.807, 2.05) is 33.8 Å². The molecule has 5 nitrogen and oxygen atoms in total. The fraction of sp³-hybridized carbons (Fsp3) is 0.400. The first kappa shape index (κ1) is 19.8. The largest absolute Gasteiger partial charge is 0.488 e. The number of carbonyl (C=O) groups is 1. The van der Waals surface area contributed by atoms with Gasteiger partial charge in [0.15, 0.2) is 5.75 Å². The first-order chi connectivity index (χ1) is 12.7. The van der Waals surface area contributed by atoms with Crippen LogP contribution < -0.4 is 10.3 Å². The highest BCUT2D eigenvalue weighted by atomic mass is 35.5. The SMILES string of the molecule is Cc1cc(C)c(CN2CCc3cc(Cl)c(OC(C)C)c(Cl)c3C2=O)c(=O)[nH]1. The molecule has 1 aliphatic heterocycles. The fourth-order valence-corrected chi connectivity index (χ4v) is 4.02. The van der Waals surface area contributed by atoms with Crippen LogP contribution in [-0.2, 0) is 13.0 Å². The van der Waals surface area contributed by atoms with Crippen LogP contribution in [0.1, 0.15) is 46.6 Å². The molecule has 0 saturated heterocycles. The van der Waals surface area contributed by atoms with Crippen molar-refractivity contribution in [1.29, 1.82) is 0 Å². The van der Waals surface area contributed by atoms with E-state index in [2.05, 4.69) is 4.98 Å². The van der Waals surface area contributed by atoms with Crippen molar-refractivity contribution < 1.29 is 9.53 Å². The molecule has 2 heterocycles. The normalized spacial score (nSPS) is 13.9. The number of rotatable bonds is 4. The number of hydrogen-bond donors (Lipinski definition) is 1. The van der Waals surface area contributed by atoms with Crippen molar-refractivity contribution in [2.24, 2.45) is 0 Å². The summed E-state index contributed by atoms with van der Waals surface area (Å²) in [6.07, 6.45) is 0.493. The molecular formula is C20H22Cl2N2O3. The zero-order valence-corrected chi connectivity index (χ0v) is 17.3. The lowest BCUT2D eigenvalue weighted by Crippen LogP contribution is -2.39. The van der Waals surface area contributed by atoms with Crippen LogP contribution in [0.25, 0.3) is 0 Å². The zero-order valence-electron chi connectivity index (χ0n) is 15.8. The standard InChI is InChI=1S/C20H22Cl2N2O3/c1-10(2)27-18-15(21)8-13-5-6-24(20(26)16(13)17(18)22)9-14-11(3)7-12(4)23-19(14)25/h7-8,10H,5-6,9H2,1-4H3,(H,23,25). The second kappa shape index (κ2) is 7.56. The third kappa shape index (κ3) is 3.85. The van der Waals surface area contributed by atoms with E-state index < -0.39 is 0 Å². The first-order valence-corrected chi connectivity index (χ1v) is 9.60. The van der Waals surface area contributed by atoms with Gasteiger partial charge in [0.05, 0.1) is 28.3 Å². The summed E-state index contributed by atoms with van der Waals surface area (Å²) >= 11 is 12.8. The summed E-state index contributed by atoms with van der Waals surface area (Å²) in [5.74, 6) is 0.109. The van der Waals surface area contributed by atoms with Crippen molar-refractivity contribution in [3.8, 4) is 5.75 Å². The summed E-state index contributed by atoms with van der Waals surface area (Å²) in [5.41, 5.74) is 3.28. The number of carbonyl (C=O) groups excluding carboxylic acids is 1. The number of nitrogens with zero attached hydrogens (tertiary/aromatic N) is 1. The van der Waals surface area contributed by atoms with Crippen LogP contribution in [0, 0.1) is 13.8 Å². The van der Waals surface area contributed by atoms with Crippen LogP contribution in [0.5, 0.6) is 5.75 Å². The highest BCUT2D eigenvalue weighted by Gasteiger charge is 2.31. The molecule has 7 heteroatoms. The number of ether oxygens (including phenoxy) is 1. The molecule has 1 aromatic heterocycles. The van der Waals surface area contributed by atoms with E-state index in [0.717, 1.165) is 16.8 Å². The van der Waals surface area contributed by atoms with E-state index in [1.165, 1.54) is 0 Å². The Balaban J connectivity index is 1.98. The van der Waals surface area contributed by atoms with Gasteiger partial charge in [0.1, 0.15) is 0 Å². The molecule has 144 valence electrons. The molecule has 1 N–H and O–H groups in total. The lowest BCUT2D eigenvalue weighted by Gasteiger charge is -2.30. The minimum atomic E-state index is -0.217. The van der Waals surface area contributed by atoms with Crippen molar-refractivity contribution in [3.63, 3.8) is 0 Å². The van der Waals surface area contributed by atoms with E-state index in [4.69, 9.17) is 27.9 Å². The molecule has 0 spiro atoms. The van der Waals surface area contributed by atoms with Crippen LogP contribution in [0.2, 0.25) is 10.0 Å². The summed E-state index contributed by atoms with van der Waals surface area (Å²) < 4.78 is 5.71. The number of halogens is 2. The van der Waals surface area contributed by atoms with Gasteiger partial charge in [-0.2, -0.15) is 0 Å². The Bertz CT molecular complexity index is 967. The molecule has 3 rings (SSSR count). The Labute approximate surface area is 168 Å². The number of nitrogens with one attached hydrogen (secondary N) is 1. The van der Waals surface area contributed by atoms with Crippen molar-refractivity contribution in [3.05, 3.63) is 60.5 Å². The Hall–Kier alpha value is -1.98. The van der Waals surface area contributed by atoms with Gasteiger partial charge in [-0.3, -0.25) is 9.59 Å². The molecule has 0 atom stereocenters. The maximum absolute atomic E-state index is 13.1. The first-order valence-electron chi connectivity index (χ1n) is 8.85. The summed E-state index contributed by atoms with van der Waals surface area (Å²) in [4.78, 5) is 29.9. The molecule has 1 aliphatic rings. The molecule has 0 aliphatic carbocycles. The minimum absolute atomic E-state index is 0.124. The monoisotopic (exact) mass is 408 g/mol. The lowest BCUT2D eigenvalue weighted by molar-refractivity contribution is 0.0725. The van der Waals surface area contributed by atoms with Crippen molar-refractivity contribution in [2.75, 3.05) is 6.54 Å². The Kier molecular flexibility index (Phi) is 5.54. The van der Waals surface area contributed by atoms with Gasteiger partial charge in [0.2, 0.25) is 0 Å². The minimum Gasteiger partial charge on any atom is -0.488 e. The summed E-state index contributed by atoms with van der Waals surface area (Å²) in [5, 5.41) is 0.634. The van der Waals surface area contributed by atoms with Crippen molar-refractivity contribution >= 4 is 29.1 Å². The third-order valence-corrected chi connectivity index (χ3v) is 5.25. The Morgan fingerprint density at radius 3 is 2.56 bits per heavy atom. The van der Waals surface area contributed by atoms with E-state index in [9.17, 15) is 9.59 Å². The molecule has 2 aromatic rings. The zero-order chi connectivity index (χ0) is 19.9. The highest BCUT2D eigenvalue weighted by molar-refractivity contribution is 6.39. The average molecular weight is 409 g/mol. The van der Waals surface area contributed by atoms with Gasteiger partial charge in [-0.15, -0.1) is 0 Å². The van der Waals surface area contributed by atoms with Gasteiger partial charge in [-0.05, 0) is 57.4 Å². The molecule has 0 saturated carbocycles. The summed E-state index contributed by atoms with van der Waals surface area (Å²) in [6, 6.07) is 3.65. The summed E-state index contributed by atoms with van der Waals surface area (Å²) in [6.45, 7) is 8.18. The molecule has 0 unspecified atom stereocenters. The number of fused-ring (bicyclic) bond motifs is 1. The Morgan fingerprint density at radius 1 is 1.22 bits per heavy atom. The van der Waals surface area contributed by atoms with E-state index in [0.29, 0.717) is 34.9 Å². The average Bonchev–Trinajstić information content (AvgIpc) is 2.56. The molecule has 1 amide bonds. The van der Waals surface area contributed by atoms with E-state index in [1.54, 1.807) is 11.0 Å². The Morgan fingerprint density at radius 2 is 1.93 bits per heavy atom. The quantitative estimate of drug-likeness (QED) is 0.820. The number of aromatic nitrogens is 1. The molecule has 0 radical (unpaired) electrons. The third-order valence-electron chi connectivity index (χ3n) is 4.61. The number of H-pyrrole nitrogens is 1. The predicted octanol–water partition coefficient (Wildman–Crippen LogP) is 4.28.